The first kappa shape index (κ1) is 17.3. The molecule has 3 aliphatic heterocycles. The second-order valence-electron chi connectivity index (χ2n) is 8.15. The molecule has 26 heavy (non-hydrogen) atoms. The van der Waals surface area contributed by atoms with Gasteiger partial charge in [-0.1, -0.05) is 6.58 Å². The largest absolute Gasteiger partial charge is 0.344 e. The highest BCUT2D eigenvalue weighted by Gasteiger charge is 2.41. The number of nitrogens with zero attached hydrogens (tertiary/aromatic N) is 3. The third-order valence-corrected chi connectivity index (χ3v) is 5.95. The minimum atomic E-state index is 0.125. The molecule has 5 heteroatoms. The van der Waals surface area contributed by atoms with E-state index in [1.54, 1.807) is 6.08 Å². The maximum atomic E-state index is 12.6. The van der Waals surface area contributed by atoms with Crippen molar-refractivity contribution in [2.75, 3.05) is 31.5 Å². The first-order valence-electron chi connectivity index (χ1n) is 9.64. The van der Waals surface area contributed by atoms with Crippen molar-refractivity contribution in [1.82, 2.24) is 14.8 Å². The van der Waals surface area contributed by atoms with Gasteiger partial charge in [0.05, 0.1) is 0 Å². The van der Waals surface area contributed by atoms with Gasteiger partial charge in [0, 0.05) is 50.2 Å². The average Bonchev–Trinajstić information content (AvgIpc) is 3.18. The Balaban J connectivity index is 1.37. The van der Waals surface area contributed by atoms with Crippen LogP contribution in [0.25, 0.3) is 6.08 Å². The van der Waals surface area contributed by atoms with Crippen LogP contribution in [0.2, 0.25) is 0 Å². The number of amides is 1. The van der Waals surface area contributed by atoms with Crippen LogP contribution in [0.3, 0.4) is 0 Å². The second-order valence-corrected chi connectivity index (χ2v) is 8.15. The van der Waals surface area contributed by atoms with Gasteiger partial charge in [-0.3, -0.25) is 4.79 Å². The molecule has 0 unspecified atom stereocenters. The number of anilines is 1. The molecule has 0 saturated carbocycles. The van der Waals surface area contributed by atoms with Crippen LogP contribution in [0, 0.1) is 11.8 Å². The number of allylic oxidation sites excluding steroid dienone is 1. The van der Waals surface area contributed by atoms with Crippen LogP contribution in [-0.2, 0) is 11.2 Å². The summed E-state index contributed by atoms with van der Waals surface area (Å²) in [7, 11) is 0. The van der Waals surface area contributed by atoms with E-state index in [1.807, 2.05) is 17.2 Å². The molecular formula is C21H28N4O. The number of carbonyl (C=O) groups excluding carboxylic acids is 1. The van der Waals surface area contributed by atoms with Crippen LogP contribution in [0.4, 0.5) is 5.82 Å². The normalized spacial score (nSPS) is 25.7. The van der Waals surface area contributed by atoms with E-state index in [2.05, 4.69) is 41.7 Å². The molecule has 5 nitrogen and oxygen atoms in total. The Morgan fingerprint density at radius 2 is 2.00 bits per heavy atom. The molecular weight excluding hydrogens is 324 g/mol. The van der Waals surface area contributed by atoms with E-state index in [1.165, 1.54) is 5.56 Å². The van der Waals surface area contributed by atoms with Crippen LogP contribution in [0.1, 0.15) is 31.4 Å². The van der Waals surface area contributed by atoms with E-state index in [9.17, 15) is 4.79 Å². The summed E-state index contributed by atoms with van der Waals surface area (Å²) in [5.41, 5.74) is 3.19. The van der Waals surface area contributed by atoms with Gasteiger partial charge in [-0.25, -0.2) is 4.98 Å². The third kappa shape index (κ3) is 3.40. The maximum Gasteiger partial charge on any atom is 0.246 e. The Labute approximate surface area is 155 Å². The quantitative estimate of drug-likeness (QED) is 0.850. The maximum absolute atomic E-state index is 12.6. The van der Waals surface area contributed by atoms with Gasteiger partial charge < -0.3 is 15.1 Å². The second kappa shape index (κ2) is 6.88. The smallest absolute Gasteiger partial charge is 0.246 e. The summed E-state index contributed by atoms with van der Waals surface area (Å²) in [5.74, 6) is 2.30. The Morgan fingerprint density at radius 1 is 1.27 bits per heavy atom. The average molecular weight is 352 g/mol. The summed E-state index contributed by atoms with van der Waals surface area (Å²) < 4.78 is 0. The molecule has 2 saturated heterocycles. The Hall–Kier alpha value is -2.14. The highest BCUT2D eigenvalue weighted by Crippen LogP contribution is 2.32. The van der Waals surface area contributed by atoms with Gasteiger partial charge in [-0.15, -0.1) is 0 Å². The Bertz CT molecular complexity index is 740. The number of likely N-dealkylation sites (tertiary alicyclic amines) is 2. The highest BCUT2D eigenvalue weighted by atomic mass is 16.2. The molecule has 0 bridgehead atoms. The van der Waals surface area contributed by atoms with Crippen molar-refractivity contribution in [2.45, 2.75) is 32.7 Å². The van der Waals surface area contributed by atoms with Gasteiger partial charge in [0.25, 0.3) is 0 Å². The molecule has 0 radical (unpaired) electrons. The van der Waals surface area contributed by atoms with E-state index in [0.717, 1.165) is 56.1 Å². The van der Waals surface area contributed by atoms with Crippen LogP contribution >= 0.6 is 0 Å². The standard InChI is InChI=1S/C21H28N4O/c1-14(2)24-10-18-12-25(13-19(18)11-24)20(26)7-5-16-8-17-6-4-15(3)23-21(17)22-9-16/h5,7-9,14,18-19H,3-4,6,10-13H2,1-2H3,(H,22,23)/b7-5+/t18-,19+. The molecule has 138 valence electrons. The predicted octanol–water partition coefficient (Wildman–Crippen LogP) is 2.77. The van der Waals surface area contributed by atoms with Crippen LogP contribution in [-0.4, -0.2) is 52.9 Å². The minimum absolute atomic E-state index is 0.125. The summed E-state index contributed by atoms with van der Waals surface area (Å²) in [6, 6.07) is 2.72. The number of hydrogen-bond donors (Lipinski definition) is 1. The molecule has 3 aliphatic rings. The number of carbonyl (C=O) groups is 1. The van der Waals surface area contributed by atoms with Gasteiger partial charge in [-0.2, -0.15) is 0 Å². The van der Waals surface area contributed by atoms with Gasteiger partial charge in [0.2, 0.25) is 5.91 Å². The number of nitrogens with one attached hydrogen (secondary N) is 1. The van der Waals surface area contributed by atoms with Crippen molar-refractivity contribution in [1.29, 1.82) is 0 Å². The predicted molar refractivity (Wildman–Crippen MR) is 105 cm³/mol. The van der Waals surface area contributed by atoms with E-state index < -0.39 is 0 Å². The SMILES string of the molecule is C=C1CCc2cc(/C=C/C(=O)N3C[C@@H]4CN(C(C)C)C[C@@H]4C3)cnc2N1. The summed E-state index contributed by atoms with van der Waals surface area (Å²) in [6.45, 7) is 12.5. The van der Waals surface area contributed by atoms with E-state index in [-0.39, 0.29) is 5.91 Å². The lowest BCUT2D eigenvalue weighted by Gasteiger charge is -2.23. The fourth-order valence-electron chi connectivity index (χ4n) is 4.34. The molecule has 1 amide bonds. The molecule has 2 atom stereocenters. The molecule has 1 aromatic heterocycles. The van der Waals surface area contributed by atoms with Crippen molar-refractivity contribution in [3.05, 3.63) is 41.7 Å². The van der Waals surface area contributed by atoms with E-state index in [4.69, 9.17) is 0 Å². The van der Waals surface area contributed by atoms with Gasteiger partial charge >= 0.3 is 0 Å². The number of rotatable bonds is 3. The van der Waals surface area contributed by atoms with Crippen molar-refractivity contribution >= 4 is 17.8 Å². The molecule has 2 fully saturated rings. The zero-order chi connectivity index (χ0) is 18.3. The molecule has 4 rings (SSSR count). The van der Waals surface area contributed by atoms with E-state index >= 15 is 0 Å². The van der Waals surface area contributed by atoms with Crippen LogP contribution in [0.5, 0.6) is 0 Å². The summed E-state index contributed by atoms with van der Waals surface area (Å²) in [5, 5.41) is 3.22. The lowest BCUT2D eigenvalue weighted by Crippen LogP contribution is -2.34. The lowest BCUT2D eigenvalue weighted by atomic mass is 10.0. The molecule has 0 aliphatic carbocycles. The summed E-state index contributed by atoms with van der Waals surface area (Å²) in [6.07, 6.45) is 7.30. The molecule has 0 spiro atoms. The highest BCUT2D eigenvalue weighted by molar-refractivity contribution is 5.92. The summed E-state index contributed by atoms with van der Waals surface area (Å²) in [4.78, 5) is 21.6. The van der Waals surface area contributed by atoms with Crippen molar-refractivity contribution < 1.29 is 4.79 Å². The molecule has 1 N–H and O–H groups in total. The van der Waals surface area contributed by atoms with Crippen molar-refractivity contribution in [3.8, 4) is 0 Å². The lowest BCUT2D eigenvalue weighted by molar-refractivity contribution is -0.125. The third-order valence-electron chi connectivity index (χ3n) is 5.95. The fraction of sp³-hybridized carbons (Fsp3) is 0.524. The first-order chi connectivity index (χ1) is 12.5. The first-order valence-corrected chi connectivity index (χ1v) is 9.64. The zero-order valence-electron chi connectivity index (χ0n) is 15.7. The van der Waals surface area contributed by atoms with Gasteiger partial charge in [0.15, 0.2) is 0 Å². The van der Waals surface area contributed by atoms with Crippen molar-refractivity contribution in [3.63, 3.8) is 0 Å². The van der Waals surface area contributed by atoms with Gasteiger partial charge in [-0.05, 0) is 61.8 Å². The number of pyridine rings is 1. The van der Waals surface area contributed by atoms with Crippen LogP contribution in [0.15, 0.2) is 30.6 Å². The molecule has 1 aromatic rings. The fourth-order valence-corrected chi connectivity index (χ4v) is 4.34. The Kier molecular flexibility index (Phi) is 4.57. The number of aromatic nitrogens is 1. The zero-order valence-corrected chi connectivity index (χ0v) is 15.7. The minimum Gasteiger partial charge on any atom is -0.344 e. The topological polar surface area (TPSA) is 48.5 Å². The summed E-state index contributed by atoms with van der Waals surface area (Å²) >= 11 is 0. The van der Waals surface area contributed by atoms with E-state index in [0.29, 0.717) is 17.9 Å². The number of fused-ring (bicyclic) bond motifs is 2. The molecule has 4 heterocycles. The van der Waals surface area contributed by atoms with Gasteiger partial charge in [0.1, 0.15) is 5.82 Å². The number of hydrogen-bond acceptors (Lipinski definition) is 4. The van der Waals surface area contributed by atoms with Crippen LogP contribution < -0.4 is 5.32 Å². The Morgan fingerprint density at radius 3 is 2.69 bits per heavy atom. The number of aryl methyl sites for hydroxylation is 1. The van der Waals surface area contributed by atoms with Crippen molar-refractivity contribution in [2.24, 2.45) is 11.8 Å². The monoisotopic (exact) mass is 352 g/mol. The molecule has 0 aromatic carbocycles.